The highest BCUT2D eigenvalue weighted by Gasteiger charge is 2.29. The number of aromatic nitrogens is 1. The second kappa shape index (κ2) is 5.36. The van der Waals surface area contributed by atoms with Crippen molar-refractivity contribution >= 4 is 17.5 Å². The maximum absolute atomic E-state index is 14.0. The molecule has 1 aliphatic rings. The third-order valence-electron chi connectivity index (χ3n) is 4.34. The van der Waals surface area contributed by atoms with Crippen molar-refractivity contribution in [2.45, 2.75) is 32.6 Å². The van der Waals surface area contributed by atoms with E-state index in [9.17, 15) is 9.18 Å². The number of hydrogen-bond donors (Lipinski definition) is 1. The smallest absolute Gasteiger partial charge is 0.250 e. The Labute approximate surface area is 133 Å². The van der Waals surface area contributed by atoms with Crippen LogP contribution in [0, 0.1) is 19.7 Å². The van der Waals surface area contributed by atoms with Gasteiger partial charge in [-0.2, -0.15) is 0 Å². The van der Waals surface area contributed by atoms with Gasteiger partial charge >= 0.3 is 0 Å². The Morgan fingerprint density at radius 2 is 2.00 bits per heavy atom. The molecule has 0 saturated carbocycles. The van der Waals surface area contributed by atoms with E-state index in [1.54, 1.807) is 19.1 Å². The van der Waals surface area contributed by atoms with E-state index in [1.807, 2.05) is 6.92 Å². The van der Waals surface area contributed by atoms with Gasteiger partial charge in [0.15, 0.2) is 0 Å². The van der Waals surface area contributed by atoms with Crippen LogP contribution in [0.2, 0.25) is 5.02 Å². The fourth-order valence-corrected chi connectivity index (χ4v) is 3.52. The summed E-state index contributed by atoms with van der Waals surface area (Å²) in [7, 11) is 0. The molecular formula is C17H16ClFN2O. The van der Waals surface area contributed by atoms with E-state index < -0.39 is 5.91 Å². The summed E-state index contributed by atoms with van der Waals surface area (Å²) in [5.74, 6) is -0.769. The van der Waals surface area contributed by atoms with Crippen molar-refractivity contribution in [3.05, 3.63) is 62.7 Å². The molecule has 0 spiro atoms. The van der Waals surface area contributed by atoms with E-state index in [4.69, 9.17) is 17.3 Å². The molecule has 22 heavy (non-hydrogen) atoms. The van der Waals surface area contributed by atoms with Crippen LogP contribution in [0.25, 0.3) is 0 Å². The van der Waals surface area contributed by atoms with Gasteiger partial charge in [0, 0.05) is 16.6 Å². The van der Waals surface area contributed by atoms with E-state index in [-0.39, 0.29) is 11.7 Å². The zero-order chi connectivity index (χ0) is 16.0. The molecule has 0 radical (unpaired) electrons. The second-order valence-corrected chi connectivity index (χ2v) is 6.14. The van der Waals surface area contributed by atoms with Gasteiger partial charge in [0.2, 0.25) is 0 Å². The van der Waals surface area contributed by atoms with Gasteiger partial charge in [-0.25, -0.2) is 4.39 Å². The van der Waals surface area contributed by atoms with E-state index in [0.717, 1.165) is 23.2 Å². The number of rotatable bonds is 2. The van der Waals surface area contributed by atoms with Gasteiger partial charge in [-0.15, -0.1) is 0 Å². The molecule has 3 rings (SSSR count). The van der Waals surface area contributed by atoms with Gasteiger partial charge < -0.3 is 5.73 Å². The number of amides is 1. The fourth-order valence-electron chi connectivity index (χ4n) is 3.31. The third-order valence-corrected chi connectivity index (χ3v) is 4.56. The molecule has 1 aromatic carbocycles. The highest BCUT2D eigenvalue weighted by atomic mass is 35.5. The lowest BCUT2D eigenvalue weighted by Gasteiger charge is -2.17. The topological polar surface area (TPSA) is 56.0 Å². The number of carbonyl (C=O) groups is 1. The average Bonchev–Trinajstić information content (AvgIpc) is 2.82. The molecule has 0 unspecified atom stereocenters. The quantitative estimate of drug-likeness (QED) is 0.918. The first-order chi connectivity index (χ1) is 10.4. The number of nitrogens with zero attached hydrogens (tertiary/aromatic N) is 1. The monoisotopic (exact) mass is 318 g/mol. The van der Waals surface area contributed by atoms with Gasteiger partial charge in [0.25, 0.3) is 5.91 Å². The number of aryl methyl sites for hydroxylation is 2. The minimum absolute atomic E-state index is 0.00519. The molecule has 3 nitrogen and oxygen atoms in total. The Morgan fingerprint density at radius 3 is 2.68 bits per heavy atom. The van der Waals surface area contributed by atoms with Crippen LogP contribution in [-0.2, 0) is 6.42 Å². The van der Waals surface area contributed by atoms with Gasteiger partial charge in [0.1, 0.15) is 5.82 Å². The molecule has 5 heteroatoms. The summed E-state index contributed by atoms with van der Waals surface area (Å²) in [6, 6.07) is 4.94. The summed E-state index contributed by atoms with van der Waals surface area (Å²) in [5.41, 5.74) is 9.78. The Balaban J connectivity index is 2.16. The van der Waals surface area contributed by atoms with Crippen LogP contribution in [0.4, 0.5) is 4.39 Å². The van der Waals surface area contributed by atoms with E-state index in [2.05, 4.69) is 4.98 Å². The number of pyridine rings is 1. The predicted octanol–water partition coefficient (Wildman–Crippen LogP) is 3.67. The fraction of sp³-hybridized carbons (Fsp3) is 0.294. The number of hydrogen-bond acceptors (Lipinski definition) is 2. The van der Waals surface area contributed by atoms with E-state index in [1.165, 1.54) is 6.07 Å². The minimum Gasteiger partial charge on any atom is -0.366 e. The van der Waals surface area contributed by atoms with Gasteiger partial charge in [-0.3, -0.25) is 9.78 Å². The maximum Gasteiger partial charge on any atom is 0.250 e. The molecular weight excluding hydrogens is 303 g/mol. The zero-order valence-corrected chi connectivity index (χ0v) is 13.2. The Bertz CT molecular complexity index is 789. The van der Waals surface area contributed by atoms with Gasteiger partial charge in [0.05, 0.1) is 11.3 Å². The SMILES string of the molecule is Cc1nc(C)c([C@@H]2CCc3c(F)cc(Cl)cc32)cc1C(N)=O. The molecule has 1 heterocycles. The van der Waals surface area contributed by atoms with Crippen molar-refractivity contribution in [1.29, 1.82) is 0 Å². The van der Waals surface area contributed by atoms with Crippen LogP contribution in [0.5, 0.6) is 0 Å². The number of benzene rings is 1. The van der Waals surface area contributed by atoms with E-state index >= 15 is 0 Å². The van der Waals surface area contributed by atoms with Crippen molar-refractivity contribution in [3.8, 4) is 0 Å². The standard InChI is InChI=1S/C17H16ClFN2O/c1-8-13(7-14(17(20)22)9(2)21-8)11-3-4-12-15(11)5-10(18)6-16(12)19/h5-7,11H,3-4H2,1-2H3,(H2,20,22)/t11-/m0/s1. The maximum atomic E-state index is 14.0. The number of carbonyl (C=O) groups excluding carboxylic acids is 1. The molecule has 0 fully saturated rings. The van der Waals surface area contributed by atoms with Crippen molar-refractivity contribution < 1.29 is 9.18 Å². The summed E-state index contributed by atoms with van der Waals surface area (Å²) in [6.07, 6.45) is 1.43. The lowest BCUT2D eigenvalue weighted by molar-refractivity contribution is 0.0999. The minimum atomic E-state index is -0.498. The molecule has 1 amide bonds. The molecule has 2 N–H and O–H groups in total. The van der Waals surface area contributed by atoms with Gasteiger partial charge in [-0.1, -0.05) is 11.6 Å². The average molecular weight is 319 g/mol. The normalized spacial score (nSPS) is 16.6. The predicted molar refractivity (Wildman–Crippen MR) is 83.8 cm³/mol. The molecule has 114 valence electrons. The van der Waals surface area contributed by atoms with Crippen LogP contribution in [-0.4, -0.2) is 10.9 Å². The molecule has 1 aromatic heterocycles. The Hall–Kier alpha value is -1.94. The van der Waals surface area contributed by atoms with Crippen molar-refractivity contribution in [3.63, 3.8) is 0 Å². The molecule has 2 aromatic rings. The first kappa shape index (κ1) is 15.0. The van der Waals surface area contributed by atoms with Crippen LogP contribution in [0.1, 0.15) is 50.8 Å². The summed E-state index contributed by atoms with van der Waals surface area (Å²) < 4.78 is 14.0. The number of nitrogens with two attached hydrogens (primary N) is 1. The highest BCUT2D eigenvalue weighted by Crippen LogP contribution is 2.41. The van der Waals surface area contributed by atoms with Gasteiger partial charge in [-0.05, 0) is 61.6 Å². The van der Waals surface area contributed by atoms with Crippen LogP contribution < -0.4 is 5.73 Å². The lowest BCUT2D eigenvalue weighted by Crippen LogP contribution is -2.16. The summed E-state index contributed by atoms with van der Waals surface area (Å²) in [4.78, 5) is 16.0. The molecule has 1 atom stereocenters. The largest absolute Gasteiger partial charge is 0.366 e. The van der Waals surface area contributed by atoms with Crippen LogP contribution in [0.15, 0.2) is 18.2 Å². The number of halogens is 2. The highest BCUT2D eigenvalue weighted by molar-refractivity contribution is 6.30. The Morgan fingerprint density at radius 1 is 1.27 bits per heavy atom. The van der Waals surface area contributed by atoms with Crippen LogP contribution >= 0.6 is 11.6 Å². The van der Waals surface area contributed by atoms with E-state index in [0.29, 0.717) is 28.3 Å². The number of fused-ring (bicyclic) bond motifs is 1. The zero-order valence-electron chi connectivity index (χ0n) is 12.4. The third kappa shape index (κ3) is 2.37. The van der Waals surface area contributed by atoms with Crippen molar-refractivity contribution in [2.75, 3.05) is 0 Å². The number of primary amides is 1. The first-order valence-corrected chi connectivity index (χ1v) is 7.52. The summed E-state index contributed by atoms with van der Waals surface area (Å²) >= 11 is 6.00. The first-order valence-electron chi connectivity index (χ1n) is 7.14. The molecule has 0 saturated heterocycles. The Kier molecular flexibility index (Phi) is 3.65. The molecule has 0 aliphatic heterocycles. The summed E-state index contributed by atoms with van der Waals surface area (Å²) in [5, 5.41) is 0.385. The molecule has 0 bridgehead atoms. The summed E-state index contributed by atoms with van der Waals surface area (Å²) in [6.45, 7) is 3.65. The van der Waals surface area contributed by atoms with Crippen molar-refractivity contribution in [1.82, 2.24) is 4.98 Å². The van der Waals surface area contributed by atoms with Crippen molar-refractivity contribution in [2.24, 2.45) is 5.73 Å². The molecule has 1 aliphatic carbocycles. The second-order valence-electron chi connectivity index (χ2n) is 5.71. The van der Waals surface area contributed by atoms with Crippen LogP contribution in [0.3, 0.4) is 0 Å². The lowest BCUT2D eigenvalue weighted by atomic mass is 9.90.